The topological polar surface area (TPSA) is 237 Å². The van der Waals surface area contributed by atoms with E-state index in [1.54, 1.807) is 0 Å². The molecule has 2 unspecified atom stereocenters. The Kier molecular flexibility index (Phi) is 75.4. The number of aliphatic hydroxyl groups is 1. The molecular formula is C84H164O17P2. The second kappa shape index (κ2) is 76.8. The minimum Gasteiger partial charge on any atom is -0.462 e. The average Bonchev–Trinajstić information content (AvgIpc) is 0.924. The van der Waals surface area contributed by atoms with Crippen LogP contribution < -0.4 is 0 Å². The fourth-order valence-electron chi connectivity index (χ4n) is 13.1. The van der Waals surface area contributed by atoms with Crippen molar-refractivity contribution in [1.82, 2.24) is 0 Å². The molecule has 0 aliphatic heterocycles. The van der Waals surface area contributed by atoms with E-state index >= 15 is 0 Å². The van der Waals surface area contributed by atoms with Crippen molar-refractivity contribution < 1.29 is 80.2 Å². The lowest BCUT2D eigenvalue weighted by Gasteiger charge is -2.21. The molecule has 0 fully saturated rings. The normalized spacial score (nSPS) is 13.8. The molecule has 0 rings (SSSR count). The summed E-state index contributed by atoms with van der Waals surface area (Å²) in [6.45, 7) is 7.36. The monoisotopic (exact) mass is 1510 g/mol. The van der Waals surface area contributed by atoms with Crippen molar-refractivity contribution in [2.75, 3.05) is 39.6 Å². The van der Waals surface area contributed by atoms with Crippen LogP contribution in [0.1, 0.15) is 452 Å². The summed E-state index contributed by atoms with van der Waals surface area (Å²) in [6.07, 6.45) is 69.3. The third-order valence-corrected chi connectivity index (χ3v) is 21.7. The molecule has 0 aromatic rings. The highest BCUT2D eigenvalue weighted by Crippen LogP contribution is 2.45. The van der Waals surface area contributed by atoms with Gasteiger partial charge in [0.15, 0.2) is 12.2 Å². The third kappa shape index (κ3) is 78.0. The van der Waals surface area contributed by atoms with E-state index in [-0.39, 0.29) is 25.7 Å². The van der Waals surface area contributed by atoms with Crippen LogP contribution in [0.5, 0.6) is 0 Å². The Hall–Kier alpha value is -1.94. The molecular weight excluding hydrogens is 1340 g/mol. The van der Waals surface area contributed by atoms with Crippen LogP contribution in [-0.4, -0.2) is 96.7 Å². The Morgan fingerprint density at radius 2 is 0.447 bits per heavy atom. The first-order chi connectivity index (χ1) is 50.0. The largest absolute Gasteiger partial charge is 0.472 e. The van der Waals surface area contributed by atoms with Gasteiger partial charge in [0.25, 0.3) is 0 Å². The van der Waals surface area contributed by atoms with Crippen molar-refractivity contribution in [3.63, 3.8) is 0 Å². The van der Waals surface area contributed by atoms with Crippen molar-refractivity contribution >= 4 is 39.5 Å². The first-order valence-electron chi connectivity index (χ1n) is 43.6. The second-order valence-corrected chi connectivity index (χ2v) is 33.6. The number of aliphatic hydroxyl groups excluding tert-OH is 1. The predicted molar refractivity (Wildman–Crippen MR) is 423 cm³/mol. The van der Waals surface area contributed by atoms with E-state index in [0.29, 0.717) is 25.7 Å². The van der Waals surface area contributed by atoms with Crippen molar-refractivity contribution in [3.8, 4) is 0 Å². The smallest absolute Gasteiger partial charge is 0.462 e. The lowest BCUT2D eigenvalue weighted by atomic mass is 10.0. The first-order valence-corrected chi connectivity index (χ1v) is 46.6. The molecule has 17 nitrogen and oxygen atoms in total. The Morgan fingerprint density at radius 3 is 0.660 bits per heavy atom. The van der Waals surface area contributed by atoms with Gasteiger partial charge < -0.3 is 33.8 Å². The highest BCUT2D eigenvalue weighted by molar-refractivity contribution is 7.47. The van der Waals surface area contributed by atoms with E-state index in [0.717, 1.165) is 95.8 Å². The number of unbranched alkanes of at least 4 members (excludes halogenated alkanes) is 56. The fraction of sp³-hybridized carbons (Fsp3) is 0.952. The summed E-state index contributed by atoms with van der Waals surface area (Å²) >= 11 is 0. The molecule has 0 radical (unpaired) electrons. The van der Waals surface area contributed by atoms with Crippen LogP contribution in [0.4, 0.5) is 0 Å². The summed E-state index contributed by atoms with van der Waals surface area (Å²) in [7, 11) is -9.92. The van der Waals surface area contributed by atoms with Gasteiger partial charge in [0.05, 0.1) is 26.4 Å². The molecule has 0 aromatic carbocycles. The first kappa shape index (κ1) is 101. The standard InChI is InChI=1S/C84H164O17P2/c1-6-9-12-15-18-21-24-27-29-30-31-32-33-34-36-39-44-49-54-59-64-69-83(88)100-79(73-95-82(87)68-63-58-53-48-43-38-35-28-25-22-19-16-13-10-7-2)75-98-102(90,91)96-71-78(85)72-97-103(92,93)99-76-80(74-94-81(86)67-62-57-52-47-42-37-26-23-20-17-14-11-8-3)101-84(89)70-65-60-55-50-45-40-41-46-51-56-61-66-77(4)5/h77-80,85H,6-76H2,1-5H3,(H,90,91)(H,92,93)/t78-,79-,80-/m1/s1. The fourth-order valence-corrected chi connectivity index (χ4v) is 14.7. The molecule has 0 aliphatic carbocycles. The highest BCUT2D eigenvalue weighted by Gasteiger charge is 2.30. The predicted octanol–water partition coefficient (Wildman–Crippen LogP) is 25.6. The summed E-state index contributed by atoms with van der Waals surface area (Å²) in [5.74, 6) is -1.34. The number of phosphoric acid groups is 2. The van der Waals surface area contributed by atoms with Crippen LogP contribution in [0.2, 0.25) is 0 Å². The van der Waals surface area contributed by atoms with Crippen LogP contribution in [-0.2, 0) is 65.4 Å². The van der Waals surface area contributed by atoms with Crippen molar-refractivity contribution in [1.29, 1.82) is 0 Å². The van der Waals surface area contributed by atoms with Crippen LogP contribution in [0.25, 0.3) is 0 Å². The second-order valence-electron chi connectivity index (χ2n) is 30.7. The van der Waals surface area contributed by atoms with Crippen molar-refractivity contribution in [3.05, 3.63) is 0 Å². The van der Waals surface area contributed by atoms with Crippen LogP contribution >= 0.6 is 15.6 Å². The van der Waals surface area contributed by atoms with Crippen molar-refractivity contribution in [2.45, 2.75) is 470 Å². The molecule has 0 saturated heterocycles. The summed E-state index contributed by atoms with van der Waals surface area (Å²) in [5, 5.41) is 10.7. The minimum absolute atomic E-state index is 0.107. The van der Waals surface area contributed by atoms with E-state index in [1.807, 2.05) is 0 Å². The molecule has 3 N–H and O–H groups in total. The number of hydrogen-bond acceptors (Lipinski definition) is 15. The maximum absolute atomic E-state index is 13.1. The molecule has 0 aliphatic rings. The van der Waals surface area contributed by atoms with Gasteiger partial charge in [0, 0.05) is 25.7 Å². The molecule has 0 amide bonds. The highest BCUT2D eigenvalue weighted by atomic mass is 31.2. The van der Waals surface area contributed by atoms with Gasteiger partial charge in [-0.05, 0) is 31.6 Å². The quantitative estimate of drug-likeness (QED) is 0.0222. The van der Waals surface area contributed by atoms with Crippen molar-refractivity contribution in [2.24, 2.45) is 5.92 Å². The zero-order valence-electron chi connectivity index (χ0n) is 67.5. The Bertz CT molecular complexity index is 1960. The molecule has 0 heterocycles. The number of carbonyl (C=O) groups is 4. The number of esters is 4. The molecule has 0 aromatic heterocycles. The van der Waals surface area contributed by atoms with Gasteiger partial charge in [-0.25, -0.2) is 9.13 Å². The van der Waals surface area contributed by atoms with Crippen LogP contribution in [0.15, 0.2) is 0 Å². The third-order valence-electron chi connectivity index (χ3n) is 19.8. The van der Waals surface area contributed by atoms with E-state index in [2.05, 4.69) is 34.6 Å². The molecule has 0 spiro atoms. The summed E-state index contributed by atoms with van der Waals surface area (Å²) in [5.41, 5.74) is 0. The van der Waals surface area contributed by atoms with Gasteiger partial charge in [-0.2, -0.15) is 0 Å². The number of ether oxygens (including phenoxy) is 4. The lowest BCUT2D eigenvalue weighted by molar-refractivity contribution is -0.161. The molecule has 0 saturated carbocycles. The van der Waals surface area contributed by atoms with E-state index < -0.39 is 97.5 Å². The summed E-state index contributed by atoms with van der Waals surface area (Å²) < 4.78 is 68.9. The van der Waals surface area contributed by atoms with Gasteiger partial charge in [0.1, 0.15) is 19.3 Å². The Balaban J connectivity index is 5.24. The maximum Gasteiger partial charge on any atom is 0.472 e. The average molecular weight is 1510 g/mol. The number of hydrogen-bond donors (Lipinski definition) is 3. The molecule has 0 bridgehead atoms. The molecule has 612 valence electrons. The lowest BCUT2D eigenvalue weighted by Crippen LogP contribution is -2.30. The van der Waals surface area contributed by atoms with E-state index in [1.165, 1.54) is 276 Å². The Labute approximate surface area is 632 Å². The van der Waals surface area contributed by atoms with E-state index in [4.69, 9.17) is 37.0 Å². The number of phosphoric ester groups is 2. The number of carbonyl (C=O) groups excluding carboxylic acids is 4. The molecule has 5 atom stereocenters. The van der Waals surface area contributed by atoms with Gasteiger partial charge >= 0.3 is 39.5 Å². The number of rotatable bonds is 84. The van der Waals surface area contributed by atoms with Gasteiger partial charge in [0.2, 0.25) is 0 Å². The zero-order chi connectivity index (χ0) is 75.5. The SMILES string of the molecule is CCCCCCCCCCCCCCCCCCCCCCCC(=O)O[C@H](COC(=O)CCCCCCCCCCCCCCCCC)COP(=O)(O)OC[C@@H](O)COP(=O)(O)OC[C@@H](COC(=O)CCCCCCCCCCCCCCC)OC(=O)CCCCCCCCCCCCCC(C)C. The summed E-state index contributed by atoms with van der Waals surface area (Å²) in [6, 6.07) is 0. The maximum atomic E-state index is 13.1. The van der Waals surface area contributed by atoms with Gasteiger partial charge in [-0.1, -0.05) is 401 Å². The van der Waals surface area contributed by atoms with Gasteiger partial charge in [-0.15, -0.1) is 0 Å². The zero-order valence-corrected chi connectivity index (χ0v) is 69.3. The molecule has 19 heteroatoms. The minimum atomic E-state index is -4.96. The molecule has 103 heavy (non-hydrogen) atoms. The van der Waals surface area contributed by atoms with E-state index in [9.17, 15) is 43.2 Å². The summed E-state index contributed by atoms with van der Waals surface area (Å²) in [4.78, 5) is 73.2. The van der Waals surface area contributed by atoms with Crippen LogP contribution in [0.3, 0.4) is 0 Å². The van der Waals surface area contributed by atoms with Crippen LogP contribution in [0, 0.1) is 5.92 Å². The Morgan fingerprint density at radius 1 is 0.262 bits per heavy atom. The van der Waals surface area contributed by atoms with Gasteiger partial charge in [-0.3, -0.25) is 37.3 Å².